The largest absolute Gasteiger partial charge is 0.369 e. The molecule has 2 heterocycles. The first-order valence-corrected chi connectivity index (χ1v) is 7.19. The number of para-hydroxylation sites is 1. The molecule has 3 rings (SSSR count). The molecule has 1 aromatic heterocycles. The SMILES string of the molecule is CCNc1cncc(N2CC(C)Cc3ccccc32)n1. The summed E-state index contributed by atoms with van der Waals surface area (Å²) in [7, 11) is 0. The third kappa shape index (κ3) is 2.46. The van der Waals surface area contributed by atoms with Crippen molar-refractivity contribution < 1.29 is 0 Å². The van der Waals surface area contributed by atoms with Crippen LogP contribution in [0.1, 0.15) is 19.4 Å². The summed E-state index contributed by atoms with van der Waals surface area (Å²) in [6.45, 7) is 6.18. The van der Waals surface area contributed by atoms with E-state index in [1.165, 1.54) is 11.3 Å². The minimum Gasteiger partial charge on any atom is -0.369 e. The van der Waals surface area contributed by atoms with Crippen LogP contribution < -0.4 is 10.2 Å². The second-order valence-corrected chi connectivity index (χ2v) is 5.34. The number of nitrogens with zero attached hydrogens (tertiary/aromatic N) is 3. The van der Waals surface area contributed by atoms with Gasteiger partial charge in [0.15, 0.2) is 5.82 Å². The van der Waals surface area contributed by atoms with E-state index in [1.54, 1.807) is 6.20 Å². The summed E-state index contributed by atoms with van der Waals surface area (Å²) in [5.74, 6) is 2.37. The van der Waals surface area contributed by atoms with E-state index < -0.39 is 0 Å². The van der Waals surface area contributed by atoms with Crippen LogP contribution in [0.15, 0.2) is 36.7 Å². The Kier molecular flexibility index (Phi) is 3.54. The molecule has 0 aliphatic carbocycles. The Labute approximate surface area is 119 Å². The van der Waals surface area contributed by atoms with Crippen molar-refractivity contribution in [2.75, 3.05) is 23.3 Å². The molecule has 0 saturated heterocycles. The zero-order valence-electron chi connectivity index (χ0n) is 12.0. The van der Waals surface area contributed by atoms with Gasteiger partial charge in [0.2, 0.25) is 0 Å². The van der Waals surface area contributed by atoms with Crippen LogP contribution in [0.25, 0.3) is 0 Å². The van der Waals surface area contributed by atoms with Crippen molar-refractivity contribution in [1.82, 2.24) is 9.97 Å². The normalized spacial score (nSPS) is 17.7. The molecule has 0 amide bonds. The fourth-order valence-corrected chi connectivity index (χ4v) is 2.77. The average molecular weight is 268 g/mol. The van der Waals surface area contributed by atoms with Crippen molar-refractivity contribution in [3.05, 3.63) is 42.2 Å². The Bertz CT molecular complexity index is 597. The smallest absolute Gasteiger partial charge is 0.154 e. The fraction of sp³-hybridized carbons (Fsp3) is 0.375. The number of nitrogens with one attached hydrogen (secondary N) is 1. The Hall–Kier alpha value is -2.10. The van der Waals surface area contributed by atoms with Gasteiger partial charge in [0.1, 0.15) is 5.82 Å². The molecule has 0 spiro atoms. The molecule has 4 nitrogen and oxygen atoms in total. The molecule has 104 valence electrons. The molecule has 1 unspecified atom stereocenters. The van der Waals surface area contributed by atoms with E-state index in [0.29, 0.717) is 5.92 Å². The van der Waals surface area contributed by atoms with E-state index in [9.17, 15) is 0 Å². The zero-order chi connectivity index (χ0) is 13.9. The predicted octanol–water partition coefficient (Wildman–Crippen LogP) is 3.24. The van der Waals surface area contributed by atoms with Crippen LogP contribution in [0.2, 0.25) is 0 Å². The van der Waals surface area contributed by atoms with Crippen LogP contribution in [0, 0.1) is 5.92 Å². The maximum Gasteiger partial charge on any atom is 0.154 e. The Balaban J connectivity index is 1.99. The summed E-state index contributed by atoms with van der Waals surface area (Å²) in [5, 5.41) is 3.22. The molecule has 1 N–H and O–H groups in total. The van der Waals surface area contributed by atoms with Crippen LogP contribution >= 0.6 is 0 Å². The molecule has 2 aromatic rings. The highest BCUT2D eigenvalue weighted by Crippen LogP contribution is 2.34. The summed E-state index contributed by atoms with van der Waals surface area (Å²) in [6.07, 6.45) is 4.74. The Morgan fingerprint density at radius 2 is 2.15 bits per heavy atom. The number of hydrogen-bond acceptors (Lipinski definition) is 4. The third-order valence-electron chi connectivity index (χ3n) is 3.60. The predicted molar refractivity (Wildman–Crippen MR) is 82.5 cm³/mol. The van der Waals surface area contributed by atoms with Gasteiger partial charge in [-0.15, -0.1) is 0 Å². The van der Waals surface area contributed by atoms with E-state index in [0.717, 1.165) is 31.1 Å². The van der Waals surface area contributed by atoms with Crippen LogP contribution in [0.5, 0.6) is 0 Å². The lowest BCUT2D eigenvalue weighted by Gasteiger charge is -2.33. The van der Waals surface area contributed by atoms with E-state index in [-0.39, 0.29) is 0 Å². The van der Waals surface area contributed by atoms with Crippen molar-refractivity contribution in [1.29, 1.82) is 0 Å². The van der Waals surface area contributed by atoms with Gasteiger partial charge in [0.25, 0.3) is 0 Å². The molecular formula is C16H20N4. The van der Waals surface area contributed by atoms with Gasteiger partial charge >= 0.3 is 0 Å². The number of rotatable bonds is 3. The fourth-order valence-electron chi connectivity index (χ4n) is 2.77. The van der Waals surface area contributed by atoms with E-state index in [2.05, 4.69) is 58.3 Å². The molecule has 0 saturated carbocycles. The van der Waals surface area contributed by atoms with Crippen molar-refractivity contribution in [3.63, 3.8) is 0 Å². The first kappa shape index (κ1) is 12.9. The zero-order valence-corrected chi connectivity index (χ0v) is 12.0. The Morgan fingerprint density at radius 3 is 3.00 bits per heavy atom. The second kappa shape index (κ2) is 5.49. The molecule has 0 radical (unpaired) electrons. The second-order valence-electron chi connectivity index (χ2n) is 5.34. The minimum atomic E-state index is 0.620. The van der Waals surface area contributed by atoms with Gasteiger partial charge < -0.3 is 10.2 Å². The lowest BCUT2D eigenvalue weighted by atomic mass is 9.94. The molecule has 0 fully saturated rings. The van der Waals surface area contributed by atoms with Crippen molar-refractivity contribution in [2.24, 2.45) is 5.92 Å². The molecule has 0 bridgehead atoms. The van der Waals surface area contributed by atoms with Gasteiger partial charge in [0, 0.05) is 18.8 Å². The maximum atomic E-state index is 4.67. The number of anilines is 3. The first-order chi connectivity index (χ1) is 9.78. The van der Waals surface area contributed by atoms with E-state index in [4.69, 9.17) is 0 Å². The van der Waals surface area contributed by atoms with Crippen molar-refractivity contribution in [2.45, 2.75) is 20.3 Å². The monoisotopic (exact) mass is 268 g/mol. The standard InChI is InChI=1S/C16H20N4/c1-3-18-15-9-17-10-16(19-15)20-11-12(2)8-13-6-4-5-7-14(13)20/h4-7,9-10,12H,3,8,11H2,1-2H3,(H,18,19). The summed E-state index contributed by atoms with van der Waals surface area (Å²) < 4.78 is 0. The summed E-state index contributed by atoms with van der Waals surface area (Å²) in [4.78, 5) is 11.3. The van der Waals surface area contributed by atoms with E-state index in [1.807, 2.05) is 6.20 Å². The summed E-state index contributed by atoms with van der Waals surface area (Å²) in [5.41, 5.74) is 2.65. The highest BCUT2D eigenvalue weighted by atomic mass is 15.2. The number of benzene rings is 1. The number of aromatic nitrogens is 2. The molecule has 1 aromatic carbocycles. The van der Waals surface area contributed by atoms with Gasteiger partial charge in [-0.2, -0.15) is 0 Å². The molecule has 4 heteroatoms. The summed E-state index contributed by atoms with van der Waals surface area (Å²) >= 11 is 0. The number of fused-ring (bicyclic) bond motifs is 1. The lowest BCUT2D eigenvalue weighted by molar-refractivity contribution is 0.560. The van der Waals surface area contributed by atoms with Crippen molar-refractivity contribution in [3.8, 4) is 0 Å². The molecule has 1 aliphatic rings. The third-order valence-corrected chi connectivity index (χ3v) is 3.60. The lowest BCUT2D eigenvalue weighted by Crippen LogP contribution is -2.31. The van der Waals surface area contributed by atoms with Gasteiger partial charge in [-0.3, -0.25) is 4.98 Å². The molecule has 20 heavy (non-hydrogen) atoms. The van der Waals surface area contributed by atoms with Gasteiger partial charge in [-0.05, 0) is 30.9 Å². The van der Waals surface area contributed by atoms with Gasteiger partial charge in [-0.1, -0.05) is 25.1 Å². The van der Waals surface area contributed by atoms with Crippen LogP contribution in [-0.2, 0) is 6.42 Å². The van der Waals surface area contributed by atoms with Crippen LogP contribution in [0.4, 0.5) is 17.3 Å². The maximum absolute atomic E-state index is 4.67. The quantitative estimate of drug-likeness (QED) is 0.928. The average Bonchev–Trinajstić information content (AvgIpc) is 2.47. The Morgan fingerprint density at radius 1 is 1.30 bits per heavy atom. The van der Waals surface area contributed by atoms with Crippen molar-refractivity contribution >= 4 is 17.3 Å². The van der Waals surface area contributed by atoms with Crippen LogP contribution in [0.3, 0.4) is 0 Å². The molecular weight excluding hydrogens is 248 g/mol. The van der Waals surface area contributed by atoms with Gasteiger partial charge in [0.05, 0.1) is 12.4 Å². The van der Waals surface area contributed by atoms with E-state index >= 15 is 0 Å². The summed E-state index contributed by atoms with van der Waals surface area (Å²) in [6, 6.07) is 8.57. The highest BCUT2D eigenvalue weighted by Gasteiger charge is 2.23. The topological polar surface area (TPSA) is 41.1 Å². The molecule has 1 aliphatic heterocycles. The van der Waals surface area contributed by atoms with Gasteiger partial charge in [-0.25, -0.2) is 4.98 Å². The van der Waals surface area contributed by atoms with Crippen LogP contribution in [-0.4, -0.2) is 23.1 Å². The first-order valence-electron chi connectivity index (χ1n) is 7.19. The minimum absolute atomic E-state index is 0.620. The highest BCUT2D eigenvalue weighted by molar-refractivity contribution is 5.65. The number of hydrogen-bond donors (Lipinski definition) is 1. The molecule has 1 atom stereocenters.